The maximum absolute atomic E-state index is 12.2. The van der Waals surface area contributed by atoms with Gasteiger partial charge in [0.1, 0.15) is 12.2 Å². The highest BCUT2D eigenvalue weighted by atomic mass is 32.1. The van der Waals surface area contributed by atoms with Gasteiger partial charge < -0.3 is 9.64 Å². The summed E-state index contributed by atoms with van der Waals surface area (Å²) in [5, 5.41) is 2.23. The molecule has 0 unspecified atom stereocenters. The lowest BCUT2D eigenvalue weighted by atomic mass is 10.3. The number of esters is 1. The minimum atomic E-state index is -0.499. The Kier molecular flexibility index (Phi) is 3.96. The number of thiocarbonyl (C=S) groups is 1. The standard InChI is InChI=1S/C12H12N2O3S2/c1-13-9(6-8-4-3-5-19-8)11(16)14(12(13)18)7-10(15)17-2/h3-6H,7H2,1-2H3/b9-6-. The summed E-state index contributed by atoms with van der Waals surface area (Å²) in [7, 11) is 2.98. The molecule has 1 aliphatic heterocycles. The summed E-state index contributed by atoms with van der Waals surface area (Å²) in [6.07, 6.45) is 1.76. The third-order valence-electron chi connectivity index (χ3n) is 2.68. The van der Waals surface area contributed by atoms with Crippen LogP contribution in [0.3, 0.4) is 0 Å². The van der Waals surface area contributed by atoms with Crippen LogP contribution >= 0.6 is 23.6 Å². The molecule has 0 radical (unpaired) electrons. The third-order valence-corrected chi connectivity index (χ3v) is 3.99. The van der Waals surface area contributed by atoms with Crippen molar-refractivity contribution in [1.82, 2.24) is 9.80 Å². The summed E-state index contributed by atoms with van der Waals surface area (Å²) >= 11 is 6.69. The number of likely N-dealkylation sites (N-methyl/N-ethyl adjacent to an activating group) is 1. The fourth-order valence-electron chi connectivity index (χ4n) is 1.65. The van der Waals surface area contributed by atoms with Crippen LogP contribution in [0.5, 0.6) is 0 Å². The van der Waals surface area contributed by atoms with E-state index in [1.54, 1.807) is 18.0 Å². The zero-order valence-electron chi connectivity index (χ0n) is 10.5. The molecule has 1 aromatic heterocycles. The average molecular weight is 296 g/mol. The van der Waals surface area contributed by atoms with Gasteiger partial charge in [-0.3, -0.25) is 14.5 Å². The number of carbonyl (C=O) groups is 2. The van der Waals surface area contributed by atoms with Crippen molar-refractivity contribution in [2.45, 2.75) is 0 Å². The highest BCUT2D eigenvalue weighted by Gasteiger charge is 2.36. The fraction of sp³-hybridized carbons (Fsp3) is 0.250. The molecule has 1 amide bonds. The molecule has 1 saturated heterocycles. The van der Waals surface area contributed by atoms with Crippen molar-refractivity contribution >= 4 is 46.6 Å². The first-order chi connectivity index (χ1) is 9.04. The Labute approximate surface area is 120 Å². The molecule has 1 aliphatic rings. The second-order valence-electron chi connectivity index (χ2n) is 3.85. The van der Waals surface area contributed by atoms with Gasteiger partial charge in [-0.2, -0.15) is 0 Å². The minimum Gasteiger partial charge on any atom is -0.468 e. The van der Waals surface area contributed by atoms with E-state index in [1.165, 1.54) is 23.3 Å². The molecule has 1 aromatic rings. The summed E-state index contributed by atoms with van der Waals surface area (Å²) in [5.41, 5.74) is 0.455. The smallest absolute Gasteiger partial charge is 0.325 e. The molecule has 0 aromatic carbocycles. The maximum Gasteiger partial charge on any atom is 0.325 e. The van der Waals surface area contributed by atoms with E-state index in [9.17, 15) is 9.59 Å². The molecular formula is C12H12N2O3S2. The van der Waals surface area contributed by atoms with E-state index in [0.717, 1.165) is 4.88 Å². The number of amides is 1. The zero-order valence-corrected chi connectivity index (χ0v) is 12.1. The first-order valence-corrected chi connectivity index (χ1v) is 6.75. The van der Waals surface area contributed by atoms with Crippen LogP contribution in [0, 0.1) is 0 Å². The van der Waals surface area contributed by atoms with Crippen molar-refractivity contribution in [3.63, 3.8) is 0 Å². The van der Waals surface area contributed by atoms with E-state index in [0.29, 0.717) is 10.8 Å². The van der Waals surface area contributed by atoms with Crippen LogP contribution in [-0.2, 0) is 14.3 Å². The molecule has 0 bridgehead atoms. The molecule has 0 saturated carbocycles. The summed E-state index contributed by atoms with van der Waals surface area (Å²) in [6, 6.07) is 3.81. The first-order valence-electron chi connectivity index (χ1n) is 5.46. The van der Waals surface area contributed by atoms with Gasteiger partial charge >= 0.3 is 5.97 Å². The van der Waals surface area contributed by atoms with Crippen LogP contribution in [0.2, 0.25) is 0 Å². The zero-order chi connectivity index (χ0) is 14.0. The number of nitrogens with zero attached hydrogens (tertiary/aromatic N) is 2. The van der Waals surface area contributed by atoms with Crippen LogP contribution in [0.25, 0.3) is 6.08 Å². The van der Waals surface area contributed by atoms with Gasteiger partial charge in [0.25, 0.3) is 5.91 Å². The Hall–Kier alpha value is -1.73. The number of methoxy groups -OCH3 is 1. The number of rotatable bonds is 3. The third kappa shape index (κ3) is 2.66. The number of hydrogen-bond acceptors (Lipinski definition) is 5. The van der Waals surface area contributed by atoms with E-state index in [2.05, 4.69) is 4.74 Å². The minimum absolute atomic E-state index is 0.166. The Balaban J connectivity index is 2.26. The van der Waals surface area contributed by atoms with Gasteiger partial charge in [0, 0.05) is 11.9 Å². The Bertz CT molecular complexity index is 551. The molecule has 19 heavy (non-hydrogen) atoms. The molecule has 0 aliphatic carbocycles. The predicted molar refractivity (Wildman–Crippen MR) is 76.4 cm³/mol. The summed E-state index contributed by atoms with van der Waals surface area (Å²) in [5.74, 6) is -0.784. The predicted octanol–water partition coefficient (Wildman–Crippen LogP) is 1.32. The topological polar surface area (TPSA) is 49.9 Å². The second kappa shape index (κ2) is 5.50. The molecule has 2 heterocycles. The average Bonchev–Trinajstić information content (AvgIpc) is 2.97. The van der Waals surface area contributed by atoms with Gasteiger partial charge in [-0.1, -0.05) is 6.07 Å². The molecular weight excluding hydrogens is 284 g/mol. The SMILES string of the molecule is COC(=O)CN1C(=O)/C(=C/c2cccs2)N(C)C1=S. The normalized spacial score (nSPS) is 17.5. The number of hydrogen-bond donors (Lipinski definition) is 0. The van der Waals surface area contributed by atoms with Gasteiger partial charge in [0.2, 0.25) is 0 Å². The van der Waals surface area contributed by atoms with Gasteiger partial charge in [-0.15, -0.1) is 11.3 Å². The lowest BCUT2D eigenvalue weighted by Crippen LogP contribution is -2.36. The number of carbonyl (C=O) groups excluding carboxylic acids is 2. The first kappa shape index (κ1) is 13.7. The molecule has 0 N–H and O–H groups in total. The van der Waals surface area contributed by atoms with Crippen LogP contribution < -0.4 is 0 Å². The van der Waals surface area contributed by atoms with Gasteiger partial charge in [0.15, 0.2) is 5.11 Å². The Morgan fingerprint density at radius 2 is 2.32 bits per heavy atom. The molecule has 0 atom stereocenters. The van der Waals surface area contributed by atoms with E-state index in [1.807, 2.05) is 17.5 Å². The molecule has 7 heteroatoms. The van der Waals surface area contributed by atoms with Crippen molar-refractivity contribution in [2.75, 3.05) is 20.7 Å². The Morgan fingerprint density at radius 1 is 1.58 bits per heavy atom. The monoisotopic (exact) mass is 296 g/mol. The second-order valence-corrected chi connectivity index (χ2v) is 5.20. The molecule has 1 fully saturated rings. The van der Waals surface area contributed by atoms with Crippen molar-refractivity contribution in [2.24, 2.45) is 0 Å². The van der Waals surface area contributed by atoms with Crippen molar-refractivity contribution < 1.29 is 14.3 Å². The van der Waals surface area contributed by atoms with Crippen molar-refractivity contribution in [1.29, 1.82) is 0 Å². The number of ether oxygens (including phenoxy) is 1. The summed E-state index contributed by atoms with van der Waals surface area (Å²) < 4.78 is 4.56. The van der Waals surface area contributed by atoms with E-state index in [-0.39, 0.29) is 12.5 Å². The quantitative estimate of drug-likeness (QED) is 0.478. The van der Waals surface area contributed by atoms with Crippen LogP contribution in [0.1, 0.15) is 4.88 Å². The molecule has 0 spiro atoms. The van der Waals surface area contributed by atoms with Crippen LogP contribution in [0.15, 0.2) is 23.2 Å². The largest absolute Gasteiger partial charge is 0.468 e. The molecule has 100 valence electrons. The lowest BCUT2D eigenvalue weighted by Gasteiger charge is -2.14. The van der Waals surface area contributed by atoms with E-state index >= 15 is 0 Å². The highest BCUT2D eigenvalue weighted by Crippen LogP contribution is 2.23. The van der Waals surface area contributed by atoms with Crippen LogP contribution in [-0.4, -0.2) is 47.5 Å². The highest BCUT2D eigenvalue weighted by molar-refractivity contribution is 7.80. The summed E-state index contributed by atoms with van der Waals surface area (Å²) in [6.45, 7) is -0.166. The summed E-state index contributed by atoms with van der Waals surface area (Å²) in [4.78, 5) is 27.3. The van der Waals surface area contributed by atoms with Gasteiger partial charge in [-0.05, 0) is 29.7 Å². The van der Waals surface area contributed by atoms with Crippen molar-refractivity contribution in [3.8, 4) is 0 Å². The van der Waals surface area contributed by atoms with Gasteiger partial charge in [0.05, 0.1) is 7.11 Å². The number of thiophene rings is 1. The van der Waals surface area contributed by atoms with E-state index < -0.39 is 5.97 Å². The fourth-order valence-corrected chi connectivity index (χ4v) is 2.55. The van der Waals surface area contributed by atoms with E-state index in [4.69, 9.17) is 12.2 Å². The van der Waals surface area contributed by atoms with Crippen molar-refractivity contribution in [3.05, 3.63) is 28.1 Å². The molecule has 2 rings (SSSR count). The Morgan fingerprint density at radius 3 is 2.89 bits per heavy atom. The lowest BCUT2D eigenvalue weighted by molar-refractivity contribution is -0.143. The van der Waals surface area contributed by atoms with Crippen LogP contribution in [0.4, 0.5) is 0 Å². The maximum atomic E-state index is 12.2. The van der Waals surface area contributed by atoms with Gasteiger partial charge in [-0.25, -0.2) is 0 Å². The molecule has 5 nitrogen and oxygen atoms in total.